The summed E-state index contributed by atoms with van der Waals surface area (Å²) in [5.41, 5.74) is -0.940. The van der Waals surface area contributed by atoms with E-state index in [-0.39, 0.29) is 30.0 Å². The van der Waals surface area contributed by atoms with Gasteiger partial charge < -0.3 is 10.4 Å². The van der Waals surface area contributed by atoms with Crippen LogP contribution in [0.4, 0.5) is 18.9 Å². The second-order valence-corrected chi connectivity index (χ2v) is 5.03. The molecule has 0 bridgehead atoms. The van der Waals surface area contributed by atoms with Crippen molar-refractivity contribution in [2.75, 3.05) is 5.32 Å². The average Bonchev–Trinajstić information content (AvgIpc) is 2.99. The number of aryl methyl sites for hydroxylation is 3. The summed E-state index contributed by atoms with van der Waals surface area (Å²) in [6, 6.07) is 0.890. The van der Waals surface area contributed by atoms with Crippen LogP contribution >= 0.6 is 0 Å². The van der Waals surface area contributed by atoms with Crippen molar-refractivity contribution >= 4 is 17.6 Å². The number of rotatable bonds is 5. The lowest BCUT2D eigenvalue weighted by atomic mass is 10.3. The molecule has 0 spiro atoms. The van der Waals surface area contributed by atoms with Gasteiger partial charge in [0, 0.05) is 25.7 Å². The number of aromatic nitrogens is 4. The van der Waals surface area contributed by atoms with Crippen LogP contribution in [0, 0.1) is 6.92 Å². The Morgan fingerprint density at radius 1 is 1.38 bits per heavy atom. The molecule has 0 atom stereocenters. The number of carboxylic acids is 1. The smallest absolute Gasteiger partial charge is 0.435 e. The molecule has 0 aliphatic rings. The zero-order valence-corrected chi connectivity index (χ0v) is 12.8. The Morgan fingerprint density at radius 2 is 2.04 bits per heavy atom. The first kappa shape index (κ1) is 17.5. The predicted molar refractivity (Wildman–Crippen MR) is 75.4 cm³/mol. The third-order valence-electron chi connectivity index (χ3n) is 3.24. The van der Waals surface area contributed by atoms with Gasteiger partial charge in [0.2, 0.25) is 5.91 Å². The third-order valence-corrected chi connectivity index (χ3v) is 3.24. The molecule has 2 aromatic rings. The summed E-state index contributed by atoms with van der Waals surface area (Å²) in [6.45, 7) is 1.38. The maximum atomic E-state index is 12.6. The quantitative estimate of drug-likeness (QED) is 0.858. The van der Waals surface area contributed by atoms with E-state index in [9.17, 15) is 22.8 Å². The second-order valence-electron chi connectivity index (χ2n) is 5.03. The molecule has 0 radical (unpaired) electrons. The Morgan fingerprint density at radius 3 is 2.58 bits per heavy atom. The van der Waals surface area contributed by atoms with Gasteiger partial charge in [-0.1, -0.05) is 0 Å². The first-order valence-corrected chi connectivity index (χ1v) is 6.76. The molecule has 2 rings (SSSR count). The van der Waals surface area contributed by atoms with Crippen LogP contribution in [0.2, 0.25) is 0 Å². The molecule has 2 N–H and O–H groups in total. The average molecular weight is 345 g/mol. The Hall–Kier alpha value is -2.85. The number of amides is 1. The van der Waals surface area contributed by atoms with Gasteiger partial charge in [0.25, 0.3) is 0 Å². The molecule has 8 nitrogen and oxygen atoms in total. The minimum atomic E-state index is -4.55. The summed E-state index contributed by atoms with van der Waals surface area (Å²) in [7, 11) is 1.41. The van der Waals surface area contributed by atoms with E-state index in [0.717, 1.165) is 15.4 Å². The molecule has 0 unspecified atom stereocenters. The van der Waals surface area contributed by atoms with Gasteiger partial charge >= 0.3 is 12.1 Å². The minimum absolute atomic E-state index is 0.0168. The number of carbonyl (C=O) groups excluding carboxylic acids is 1. The number of halogens is 3. The van der Waals surface area contributed by atoms with Crippen molar-refractivity contribution < 1.29 is 27.9 Å². The van der Waals surface area contributed by atoms with Crippen molar-refractivity contribution in [2.24, 2.45) is 7.05 Å². The lowest BCUT2D eigenvalue weighted by Gasteiger charge is -2.06. The Balaban J connectivity index is 2.02. The summed E-state index contributed by atoms with van der Waals surface area (Å²) in [5, 5.41) is 18.6. The van der Waals surface area contributed by atoms with Crippen LogP contribution in [-0.2, 0) is 24.6 Å². The monoisotopic (exact) mass is 345 g/mol. The molecule has 0 fully saturated rings. The summed E-state index contributed by atoms with van der Waals surface area (Å²) < 4.78 is 39.9. The van der Waals surface area contributed by atoms with Crippen LogP contribution in [0.15, 0.2) is 12.3 Å². The van der Waals surface area contributed by atoms with Crippen LogP contribution in [0.1, 0.15) is 28.3 Å². The maximum Gasteiger partial charge on any atom is 0.435 e. The highest BCUT2D eigenvalue weighted by atomic mass is 19.4. The molecular weight excluding hydrogens is 331 g/mol. The molecule has 0 aliphatic carbocycles. The van der Waals surface area contributed by atoms with Crippen LogP contribution in [0.25, 0.3) is 0 Å². The number of alkyl halides is 3. The van der Waals surface area contributed by atoms with Gasteiger partial charge in [-0.3, -0.25) is 14.2 Å². The molecular formula is C13H14F3N5O3. The predicted octanol–water partition coefficient (Wildman–Crippen LogP) is 1.67. The number of nitrogens with one attached hydrogen (secondary N) is 1. The van der Waals surface area contributed by atoms with Gasteiger partial charge in [-0.2, -0.15) is 23.4 Å². The molecule has 1 amide bonds. The Bertz CT molecular complexity index is 778. The number of carboxylic acid groups (broad SMARTS) is 1. The number of hydrogen-bond acceptors (Lipinski definition) is 4. The number of aromatic carboxylic acids is 1. The maximum absolute atomic E-state index is 12.6. The zero-order valence-electron chi connectivity index (χ0n) is 12.8. The number of carbonyl (C=O) groups is 2. The van der Waals surface area contributed by atoms with Gasteiger partial charge in [-0.05, 0) is 13.0 Å². The third kappa shape index (κ3) is 3.73. The zero-order chi connectivity index (χ0) is 18.1. The SMILES string of the molecule is Cc1cc(C(F)(F)F)nn1CCC(=O)Nc1cnn(C)c1C(=O)O. The fourth-order valence-electron chi connectivity index (χ4n) is 2.08. The molecule has 2 aromatic heterocycles. The fourth-order valence-corrected chi connectivity index (χ4v) is 2.08. The molecule has 11 heteroatoms. The van der Waals surface area contributed by atoms with Gasteiger partial charge in [-0.25, -0.2) is 4.79 Å². The van der Waals surface area contributed by atoms with Crippen LogP contribution in [0.5, 0.6) is 0 Å². The van der Waals surface area contributed by atoms with E-state index in [0.29, 0.717) is 0 Å². The molecule has 0 saturated carbocycles. The number of nitrogens with zero attached hydrogens (tertiary/aromatic N) is 4. The summed E-state index contributed by atoms with van der Waals surface area (Å²) >= 11 is 0. The van der Waals surface area contributed by atoms with Crippen LogP contribution in [0.3, 0.4) is 0 Å². The molecule has 0 aliphatic heterocycles. The van der Waals surface area contributed by atoms with Crippen LogP contribution < -0.4 is 5.32 Å². The first-order chi connectivity index (χ1) is 11.1. The van der Waals surface area contributed by atoms with E-state index in [2.05, 4.69) is 15.5 Å². The first-order valence-electron chi connectivity index (χ1n) is 6.76. The van der Waals surface area contributed by atoms with Crippen molar-refractivity contribution in [3.63, 3.8) is 0 Å². The van der Waals surface area contributed by atoms with Crippen molar-refractivity contribution in [3.8, 4) is 0 Å². The van der Waals surface area contributed by atoms with Gasteiger partial charge in [0.1, 0.15) is 0 Å². The van der Waals surface area contributed by atoms with Crippen LogP contribution in [-0.4, -0.2) is 36.5 Å². The standard InChI is InChI=1S/C13H14F3N5O3/c1-7-5-9(13(14,15)16)19-21(7)4-3-10(22)18-8-6-17-20(2)11(8)12(23)24/h5-6H,3-4H2,1-2H3,(H,18,22)(H,23,24). The van der Waals surface area contributed by atoms with E-state index >= 15 is 0 Å². The van der Waals surface area contributed by atoms with E-state index in [1.165, 1.54) is 20.2 Å². The molecule has 24 heavy (non-hydrogen) atoms. The van der Waals surface area contributed by atoms with Crippen molar-refractivity contribution in [1.29, 1.82) is 0 Å². The molecule has 130 valence electrons. The summed E-state index contributed by atoms with van der Waals surface area (Å²) in [5.74, 6) is -1.82. The lowest BCUT2D eigenvalue weighted by Crippen LogP contribution is -2.18. The highest BCUT2D eigenvalue weighted by Crippen LogP contribution is 2.28. The summed E-state index contributed by atoms with van der Waals surface area (Å²) in [4.78, 5) is 23.0. The van der Waals surface area contributed by atoms with Crippen molar-refractivity contribution in [2.45, 2.75) is 26.1 Å². The Labute approximate surface area is 133 Å². The Kier molecular flexibility index (Phi) is 4.62. The number of hydrogen-bond donors (Lipinski definition) is 2. The highest BCUT2D eigenvalue weighted by molar-refractivity contribution is 5.99. The normalized spacial score (nSPS) is 11.5. The number of anilines is 1. The van der Waals surface area contributed by atoms with Gasteiger partial charge in [-0.15, -0.1) is 0 Å². The highest BCUT2D eigenvalue weighted by Gasteiger charge is 2.34. The topological polar surface area (TPSA) is 102 Å². The van der Waals surface area contributed by atoms with Gasteiger partial charge in [0.05, 0.1) is 11.9 Å². The second kappa shape index (κ2) is 6.34. The van der Waals surface area contributed by atoms with Crippen molar-refractivity contribution in [1.82, 2.24) is 19.6 Å². The minimum Gasteiger partial charge on any atom is -0.476 e. The van der Waals surface area contributed by atoms with E-state index in [1.54, 1.807) is 0 Å². The van der Waals surface area contributed by atoms with E-state index in [1.807, 2.05) is 0 Å². The van der Waals surface area contributed by atoms with Crippen molar-refractivity contribution in [3.05, 3.63) is 29.3 Å². The molecule has 2 heterocycles. The van der Waals surface area contributed by atoms with E-state index < -0.39 is 23.7 Å². The lowest BCUT2D eigenvalue weighted by molar-refractivity contribution is -0.141. The fraction of sp³-hybridized carbons (Fsp3) is 0.385. The molecule has 0 aromatic carbocycles. The van der Waals surface area contributed by atoms with E-state index in [4.69, 9.17) is 5.11 Å². The largest absolute Gasteiger partial charge is 0.476 e. The van der Waals surface area contributed by atoms with Gasteiger partial charge in [0.15, 0.2) is 11.4 Å². The molecule has 0 saturated heterocycles. The summed E-state index contributed by atoms with van der Waals surface area (Å²) in [6.07, 6.45) is -3.54.